The number of carbonyl (C=O) groups is 2. The lowest BCUT2D eigenvalue weighted by Crippen LogP contribution is -2.26. The standard InChI is InChI=1S/C18H18Cl2N2O3/c1-3-25-18(24)22(2)14-7-5-13(6-8-14)21-17(23)11-12-4-9-15(19)16(20)10-12/h4-10H,3,11H2,1-2H3,(H,21,23). The molecule has 0 aromatic heterocycles. The molecule has 0 heterocycles. The van der Waals surface area contributed by atoms with Crippen LogP contribution in [0.2, 0.25) is 10.0 Å². The number of anilines is 2. The first-order valence-corrected chi connectivity index (χ1v) is 8.40. The van der Waals surface area contributed by atoms with Gasteiger partial charge in [0.1, 0.15) is 0 Å². The highest BCUT2D eigenvalue weighted by Crippen LogP contribution is 2.23. The molecule has 0 bridgehead atoms. The molecule has 0 aliphatic heterocycles. The minimum atomic E-state index is -0.432. The third-order valence-electron chi connectivity index (χ3n) is 3.43. The summed E-state index contributed by atoms with van der Waals surface area (Å²) in [5.74, 6) is -0.176. The molecule has 1 N–H and O–H groups in total. The summed E-state index contributed by atoms with van der Waals surface area (Å²) in [6.45, 7) is 2.06. The number of halogens is 2. The van der Waals surface area contributed by atoms with Crippen LogP contribution in [-0.2, 0) is 16.0 Å². The molecule has 0 aliphatic rings. The number of ether oxygens (including phenoxy) is 1. The fourth-order valence-corrected chi connectivity index (χ4v) is 2.45. The summed E-state index contributed by atoms with van der Waals surface area (Å²) in [5, 5.41) is 3.66. The Hall–Kier alpha value is -2.24. The Morgan fingerprint density at radius 3 is 2.36 bits per heavy atom. The zero-order valence-electron chi connectivity index (χ0n) is 13.9. The molecule has 0 spiro atoms. The van der Waals surface area contributed by atoms with Gasteiger partial charge >= 0.3 is 6.09 Å². The number of nitrogens with zero attached hydrogens (tertiary/aromatic N) is 1. The van der Waals surface area contributed by atoms with Gasteiger partial charge in [0.15, 0.2) is 0 Å². The second-order valence-corrected chi connectivity index (χ2v) is 6.09. The van der Waals surface area contributed by atoms with E-state index in [1.165, 1.54) is 4.90 Å². The molecule has 0 atom stereocenters. The number of hydrogen-bond donors (Lipinski definition) is 1. The van der Waals surface area contributed by atoms with Gasteiger partial charge in [0.25, 0.3) is 0 Å². The monoisotopic (exact) mass is 380 g/mol. The van der Waals surface area contributed by atoms with Gasteiger partial charge in [0.05, 0.1) is 23.1 Å². The zero-order valence-corrected chi connectivity index (χ0v) is 15.4. The average molecular weight is 381 g/mol. The molecule has 0 unspecified atom stereocenters. The van der Waals surface area contributed by atoms with Crippen molar-refractivity contribution in [1.29, 1.82) is 0 Å². The van der Waals surface area contributed by atoms with Crippen molar-refractivity contribution in [2.75, 3.05) is 23.9 Å². The maximum absolute atomic E-state index is 12.1. The Morgan fingerprint density at radius 1 is 1.08 bits per heavy atom. The second-order valence-electron chi connectivity index (χ2n) is 5.28. The lowest BCUT2D eigenvalue weighted by atomic mass is 10.1. The van der Waals surface area contributed by atoms with Crippen LogP contribution < -0.4 is 10.2 Å². The van der Waals surface area contributed by atoms with Gasteiger partial charge in [-0.2, -0.15) is 0 Å². The first kappa shape index (κ1) is 19.1. The fourth-order valence-electron chi connectivity index (χ4n) is 2.13. The summed E-state index contributed by atoms with van der Waals surface area (Å²) in [7, 11) is 1.62. The van der Waals surface area contributed by atoms with Gasteiger partial charge < -0.3 is 10.1 Å². The van der Waals surface area contributed by atoms with E-state index in [1.807, 2.05) is 0 Å². The zero-order chi connectivity index (χ0) is 18.4. The molecular formula is C18H18Cl2N2O3. The topological polar surface area (TPSA) is 58.6 Å². The number of nitrogens with one attached hydrogen (secondary N) is 1. The van der Waals surface area contributed by atoms with Crippen molar-refractivity contribution < 1.29 is 14.3 Å². The lowest BCUT2D eigenvalue weighted by molar-refractivity contribution is -0.115. The van der Waals surface area contributed by atoms with E-state index in [1.54, 1.807) is 56.4 Å². The molecule has 132 valence electrons. The largest absolute Gasteiger partial charge is 0.449 e. The highest BCUT2D eigenvalue weighted by molar-refractivity contribution is 6.42. The Kier molecular flexibility index (Phi) is 6.67. The predicted molar refractivity (Wildman–Crippen MR) is 101 cm³/mol. The molecule has 0 saturated heterocycles. The van der Waals surface area contributed by atoms with Crippen molar-refractivity contribution in [2.45, 2.75) is 13.3 Å². The van der Waals surface area contributed by atoms with E-state index in [4.69, 9.17) is 27.9 Å². The quantitative estimate of drug-likeness (QED) is 0.812. The molecule has 0 saturated carbocycles. The molecule has 25 heavy (non-hydrogen) atoms. The van der Waals surface area contributed by atoms with E-state index in [2.05, 4.69) is 5.32 Å². The van der Waals surface area contributed by atoms with Crippen LogP contribution in [0.4, 0.5) is 16.2 Å². The molecule has 0 radical (unpaired) electrons. The van der Waals surface area contributed by atoms with Gasteiger partial charge in [0.2, 0.25) is 5.91 Å². The van der Waals surface area contributed by atoms with Crippen molar-refractivity contribution >= 4 is 46.6 Å². The lowest BCUT2D eigenvalue weighted by Gasteiger charge is -2.17. The van der Waals surface area contributed by atoms with Crippen LogP contribution in [0.15, 0.2) is 42.5 Å². The van der Waals surface area contributed by atoms with Crippen molar-refractivity contribution in [2.24, 2.45) is 0 Å². The Balaban J connectivity index is 1.97. The second kappa shape index (κ2) is 8.74. The van der Waals surface area contributed by atoms with Crippen LogP contribution >= 0.6 is 23.2 Å². The summed E-state index contributed by atoms with van der Waals surface area (Å²) >= 11 is 11.8. The SMILES string of the molecule is CCOC(=O)N(C)c1ccc(NC(=O)Cc2ccc(Cl)c(Cl)c2)cc1. The van der Waals surface area contributed by atoms with E-state index in [9.17, 15) is 9.59 Å². The molecule has 2 rings (SSSR count). The van der Waals surface area contributed by atoms with Gasteiger partial charge in [0, 0.05) is 18.4 Å². The van der Waals surface area contributed by atoms with Crippen molar-refractivity contribution in [3.63, 3.8) is 0 Å². The van der Waals surface area contributed by atoms with Crippen molar-refractivity contribution in [1.82, 2.24) is 0 Å². The predicted octanol–water partition coefficient (Wildman–Crippen LogP) is 4.77. The molecule has 2 aromatic carbocycles. The Labute approximate surface area is 156 Å². The van der Waals surface area contributed by atoms with Crippen LogP contribution in [0.1, 0.15) is 12.5 Å². The molecule has 5 nitrogen and oxygen atoms in total. The summed E-state index contributed by atoms with van der Waals surface area (Å²) in [6, 6.07) is 12.0. The Bertz CT molecular complexity index is 763. The highest BCUT2D eigenvalue weighted by atomic mass is 35.5. The maximum atomic E-state index is 12.1. The summed E-state index contributed by atoms with van der Waals surface area (Å²) in [4.78, 5) is 25.2. The maximum Gasteiger partial charge on any atom is 0.413 e. The van der Waals surface area contributed by atoms with Crippen LogP contribution in [0, 0.1) is 0 Å². The highest BCUT2D eigenvalue weighted by Gasteiger charge is 2.12. The minimum absolute atomic E-state index is 0.176. The summed E-state index contributed by atoms with van der Waals surface area (Å²) in [5.41, 5.74) is 2.07. The van der Waals surface area contributed by atoms with E-state index >= 15 is 0 Å². The summed E-state index contributed by atoms with van der Waals surface area (Å²) in [6.07, 6.45) is -0.250. The van der Waals surface area contributed by atoms with Crippen molar-refractivity contribution in [3.05, 3.63) is 58.1 Å². The molecule has 7 heteroatoms. The number of hydrogen-bond acceptors (Lipinski definition) is 3. The van der Waals surface area contributed by atoms with Crippen LogP contribution in [0.5, 0.6) is 0 Å². The molecule has 2 aromatic rings. The van der Waals surface area contributed by atoms with Gasteiger partial charge in [-0.3, -0.25) is 9.69 Å². The third kappa shape index (κ3) is 5.37. The van der Waals surface area contributed by atoms with Gasteiger partial charge in [-0.25, -0.2) is 4.79 Å². The fraction of sp³-hybridized carbons (Fsp3) is 0.222. The number of carbonyl (C=O) groups excluding carboxylic acids is 2. The number of rotatable bonds is 5. The van der Waals surface area contributed by atoms with Crippen molar-refractivity contribution in [3.8, 4) is 0 Å². The number of amides is 2. The normalized spacial score (nSPS) is 10.2. The molecular weight excluding hydrogens is 363 g/mol. The molecule has 0 aliphatic carbocycles. The van der Waals surface area contributed by atoms with E-state index < -0.39 is 6.09 Å². The van der Waals surface area contributed by atoms with E-state index in [-0.39, 0.29) is 12.3 Å². The average Bonchev–Trinajstić information content (AvgIpc) is 2.58. The Morgan fingerprint density at radius 2 is 1.76 bits per heavy atom. The first-order valence-electron chi connectivity index (χ1n) is 7.65. The van der Waals surface area contributed by atoms with Crippen LogP contribution in [-0.4, -0.2) is 25.7 Å². The minimum Gasteiger partial charge on any atom is -0.449 e. The van der Waals surface area contributed by atoms with E-state index in [0.29, 0.717) is 28.0 Å². The van der Waals surface area contributed by atoms with Gasteiger partial charge in [-0.15, -0.1) is 0 Å². The smallest absolute Gasteiger partial charge is 0.413 e. The molecule has 0 fully saturated rings. The van der Waals surface area contributed by atoms with Gasteiger partial charge in [-0.1, -0.05) is 29.3 Å². The van der Waals surface area contributed by atoms with Gasteiger partial charge in [-0.05, 0) is 48.9 Å². The number of benzene rings is 2. The van der Waals surface area contributed by atoms with Crippen LogP contribution in [0.25, 0.3) is 0 Å². The summed E-state index contributed by atoms with van der Waals surface area (Å²) < 4.78 is 4.93. The first-order chi connectivity index (χ1) is 11.9. The van der Waals surface area contributed by atoms with E-state index in [0.717, 1.165) is 5.56 Å². The van der Waals surface area contributed by atoms with Crippen LogP contribution in [0.3, 0.4) is 0 Å². The third-order valence-corrected chi connectivity index (χ3v) is 4.17. The molecule has 2 amide bonds.